The lowest BCUT2D eigenvalue weighted by Crippen LogP contribution is -2.06. The van der Waals surface area contributed by atoms with Crippen molar-refractivity contribution in [3.05, 3.63) is 71.8 Å². The van der Waals surface area contributed by atoms with Crippen LogP contribution in [0.25, 0.3) is 0 Å². The van der Waals surface area contributed by atoms with Crippen LogP contribution in [0.1, 0.15) is 18.3 Å². The van der Waals surface area contributed by atoms with E-state index >= 15 is 0 Å². The Labute approximate surface area is 151 Å². The van der Waals surface area contributed by atoms with Crippen molar-refractivity contribution in [2.24, 2.45) is 0 Å². The maximum absolute atomic E-state index is 13.5. The molecule has 0 spiro atoms. The summed E-state index contributed by atoms with van der Waals surface area (Å²) >= 11 is 1.57. The molecule has 0 bridgehead atoms. The average molecular weight is 357 g/mol. The van der Waals surface area contributed by atoms with Gasteiger partial charge in [-0.3, -0.25) is 0 Å². The van der Waals surface area contributed by atoms with Crippen LogP contribution in [0.4, 0.5) is 4.39 Å². The summed E-state index contributed by atoms with van der Waals surface area (Å²) in [6.07, 6.45) is 0.758. The molecule has 3 aromatic rings. The van der Waals surface area contributed by atoms with Crippen LogP contribution in [0, 0.1) is 5.82 Å². The van der Waals surface area contributed by atoms with Crippen LogP contribution in [0.3, 0.4) is 0 Å². The van der Waals surface area contributed by atoms with Crippen molar-refractivity contribution in [2.75, 3.05) is 12.4 Å². The minimum Gasteiger partial charge on any atom is -0.490 e. The molecule has 6 heteroatoms. The van der Waals surface area contributed by atoms with Gasteiger partial charge in [-0.25, -0.2) is 4.39 Å². The molecule has 0 aliphatic rings. The molecule has 1 aromatic heterocycles. The molecule has 2 aromatic carbocycles. The van der Waals surface area contributed by atoms with Crippen LogP contribution in [-0.4, -0.2) is 27.1 Å². The Hall–Kier alpha value is -2.34. The number of thioether (sulfide) groups is 1. The van der Waals surface area contributed by atoms with Crippen molar-refractivity contribution in [2.45, 2.75) is 25.0 Å². The van der Waals surface area contributed by atoms with Gasteiger partial charge in [-0.05, 0) is 24.6 Å². The van der Waals surface area contributed by atoms with E-state index in [0.717, 1.165) is 23.9 Å². The third-order valence-corrected chi connectivity index (χ3v) is 4.65. The highest BCUT2D eigenvalue weighted by atomic mass is 32.2. The number of para-hydroxylation sites is 1. The van der Waals surface area contributed by atoms with E-state index in [1.54, 1.807) is 30.0 Å². The van der Waals surface area contributed by atoms with E-state index in [1.165, 1.54) is 11.6 Å². The maximum atomic E-state index is 13.5. The highest BCUT2D eigenvalue weighted by Crippen LogP contribution is 2.20. The monoisotopic (exact) mass is 357 g/mol. The fraction of sp³-hybridized carbons (Fsp3) is 0.263. The van der Waals surface area contributed by atoms with Crippen LogP contribution < -0.4 is 4.74 Å². The zero-order valence-electron chi connectivity index (χ0n) is 14.1. The topological polar surface area (TPSA) is 39.9 Å². The molecule has 25 heavy (non-hydrogen) atoms. The molecule has 4 nitrogen and oxygen atoms in total. The molecule has 3 rings (SSSR count). The first-order valence-corrected chi connectivity index (χ1v) is 9.22. The van der Waals surface area contributed by atoms with Crippen LogP contribution in [0.15, 0.2) is 59.8 Å². The summed E-state index contributed by atoms with van der Waals surface area (Å²) in [6, 6.07) is 16.7. The van der Waals surface area contributed by atoms with Crippen LogP contribution >= 0.6 is 11.8 Å². The Morgan fingerprint density at radius 1 is 1.04 bits per heavy atom. The first-order chi connectivity index (χ1) is 12.3. The summed E-state index contributed by atoms with van der Waals surface area (Å²) in [5.41, 5.74) is 1.21. The predicted octanol–water partition coefficient (Wildman–Crippen LogP) is 4.20. The summed E-state index contributed by atoms with van der Waals surface area (Å²) in [5, 5.41) is 9.48. The van der Waals surface area contributed by atoms with E-state index in [-0.39, 0.29) is 11.6 Å². The molecular weight excluding hydrogens is 337 g/mol. The number of nitrogens with zero attached hydrogens (tertiary/aromatic N) is 3. The van der Waals surface area contributed by atoms with E-state index in [0.29, 0.717) is 12.4 Å². The van der Waals surface area contributed by atoms with Gasteiger partial charge in [-0.2, -0.15) is 0 Å². The molecule has 0 radical (unpaired) electrons. The molecule has 0 aliphatic carbocycles. The molecular formula is C19H20FN3OS. The van der Waals surface area contributed by atoms with E-state index in [2.05, 4.69) is 33.8 Å². The largest absolute Gasteiger partial charge is 0.490 e. The van der Waals surface area contributed by atoms with Gasteiger partial charge >= 0.3 is 0 Å². The number of hydrogen-bond acceptors (Lipinski definition) is 4. The van der Waals surface area contributed by atoms with Crippen molar-refractivity contribution in [3.63, 3.8) is 0 Å². The summed E-state index contributed by atoms with van der Waals surface area (Å²) in [5.74, 6) is 1.57. The standard InChI is InChI=1S/C19H20FN3OS/c1-2-23-18(14-15-8-4-3-5-9-15)21-22-19(23)25-13-12-24-17-11-7-6-10-16(17)20/h3-11H,2,12-14H2,1H3. The van der Waals surface area contributed by atoms with Gasteiger partial charge in [0.15, 0.2) is 16.7 Å². The molecule has 0 saturated heterocycles. The lowest BCUT2D eigenvalue weighted by atomic mass is 10.1. The quantitative estimate of drug-likeness (QED) is 0.447. The van der Waals surface area contributed by atoms with Gasteiger partial charge in [0.1, 0.15) is 5.82 Å². The summed E-state index contributed by atoms with van der Waals surface area (Å²) in [4.78, 5) is 0. The molecule has 0 amide bonds. The first-order valence-electron chi connectivity index (χ1n) is 8.24. The molecule has 1 heterocycles. The molecule has 0 N–H and O–H groups in total. The number of rotatable bonds is 8. The van der Waals surface area contributed by atoms with Crippen LogP contribution in [-0.2, 0) is 13.0 Å². The molecule has 0 aliphatic heterocycles. The Morgan fingerprint density at radius 2 is 1.80 bits per heavy atom. The number of ether oxygens (including phenoxy) is 1. The lowest BCUT2D eigenvalue weighted by molar-refractivity contribution is 0.325. The van der Waals surface area contributed by atoms with Gasteiger partial charge in [0.2, 0.25) is 0 Å². The number of hydrogen-bond donors (Lipinski definition) is 0. The van der Waals surface area contributed by atoms with Gasteiger partial charge in [-0.1, -0.05) is 54.2 Å². The van der Waals surface area contributed by atoms with Gasteiger partial charge < -0.3 is 9.30 Å². The summed E-state index contributed by atoms with van der Waals surface area (Å²) in [7, 11) is 0. The Balaban J connectivity index is 1.57. The zero-order valence-corrected chi connectivity index (χ0v) is 14.9. The summed E-state index contributed by atoms with van der Waals surface area (Å²) < 4.78 is 21.1. The SMILES string of the molecule is CCn1c(Cc2ccccc2)nnc1SCCOc1ccccc1F. The van der Waals surface area contributed by atoms with E-state index < -0.39 is 0 Å². The molecule has 130 valence electrons. The van der Waals surface area contributed by atoms with Crippen molar-refractivity contribution < 1.29 is 9.13 Å². The first kappa shape index (κ1) is 17.5. The molecule has 0 atom stereocenters. The fourth-order valence-corrected chi connectivity index (χ4v) is 3.34. The van der Waals surface area contributed by atoms with Crippen molar-refractivity contribution in [1.82, 2.24) is 14.8 Å². The highest BCUT2D eigenvalue weighted by Gasteiger charge is 2.12. The van der Waals surface area contributed by atoms with E-state index in [9.17, 15) is 4.39 Å². The number of benzene rings is 2. The summed E-state index contributed by atoms with van der Waals surface area (Å²) in [6.45, 7) is 3.31. The van der Waals surface area contributed by atoms with Crippen molar-refractivity contribution >= 4 is 11.8 Å². The second-order valence-corrected chi connectivity index (χ2v) is 6.49. The van der Waals surface area contributed by atoms with E-state index in [1.807, 2.05) is 18.2 Å². The van der Waals surface area contributed by atoms with E-state index in [4.69, 9.17) is 4.74 Å². The second kappa shape index (κ2) is 8.67. The normalized spacial score (nSPS) is 10.8. The predicted molar refractivity (Wildman–Crippen MR) is 97.6 cm³/mol. The van der Waals surface area contributed by atoms with Gasteiger partial charge in [0.25, 0.3) is 0 Å². The zero-order chi connectivity index (χ0) is 17.5. The minimum atomic E-state index is -0.339. The van der Waals surface area contributed by atoms with Crippen molar-refractivity contribution in [1.29, 1.82) is 0 Å². The number of aromatic nitrogens is 3. The van der Waals surface area contributed by atoms with Gasteiger partial charge in [0.05, 0.1) is 6.61 Å². The lowest BCUT2D eigenvalue weighted by Gasteiger charge is -2.08. The Kier molecular flexibility index (Phi) is 6.06. The minimum absolute atomic E-state index is 0.282. The maximum Gasteiger partial charge on any atom is 0.191 e. The third kappa shape index (κ3) is 4.60. The Morgan fingerprint density at radius 3 is 2.56 bits per heavy atom. The molecule has 0 fully saturated rings. The third-order valence-electron chi connectivity index (χ3n) is 3.72. The van der Waals surface area contributed by atoms with Crippen LogP contribution in [0.5, 0.6) is 5.75 Å². The fourth-order valence-electron chi connectivity index (χ4n) is 2.50. The molecule has 0 unspecified atom stereocenters. The Bertz CT molecular complexity index is 807. The average Bonchev–Trinajstić information content (AvgIpc) is 3.02. The van der Waals surface area contributed by atoms with Crippen molar-refractivity contribution in [3.8, 4) is 5.75 Å². The highest BCUT2D eigenvalue weighted by molar-refractivity contribution is 7.99. The second-order valence-electron chi connectivity index (χ2n) is 5.43. The number of halogens is 1. The van der Waals surface area contributed by atoms with Gasteiger partial charge in [0, 0.05) is 18.7 Å². The van der Waals surface area contributed by atoms with Crippen LogP contribution in [0.2, 0.25) is 0 Å². The smallest absolute Gasteiger partial charge is 0.191 e. The van der Waals surface area contributed by atoms with Gasteiger partial charge in [-0.15, -0.1) is 10.2 Å². The molecule has 0 saturated carbocycles.